The van der Waals surface area contributed by atoms with Crippen molar-refractivity contribution in [3.8, 4) is 0 Å². The maximum absolute atomic E-state index is 14.3. The van der Waals surface area contributed by atoms with Crippen LogP contribution in [0.4, 0.5) is 35.9 Å². The molecule has 0 aromatic heterocycles. The molecule has 2 aliphatic rings. The maximum atomic E-state index is 14.3. The minimum atomic E-state index is -4.60. The fourth-order valence-corrected chi connectivity index (χ4v) is 7.39. The van der Waals surface area contributed by atoms with Crippen LogP contribution in [0, 0.1) is 17.8 Å². The van der Waals surface area contributed by atoms with E-state index in [1.165, 1.54) is 54.7 Å². The molecule has 2 atom stereocenters. The van der Waals surface area contributed by atoms with Gasteiger partial charge >= 0.3 is 12.1 Å². The molecule has 0 aliphatic heterocycles. The molecule has 0 amide bonds. The van der Waals surface area contributed by atoms with Gasteiger partial charge in [0, 0.05) is 25.5 Å². The third-order valence-electron chi connectivity index (χ3n) is 9.10. The molecule has 3 aromatic carbocycles. The molecule has 0 saturated heterocycles. The molecule has 2 bridgehead atoms. The van der Waals surface area contributed by atoms with E-state index in [1.807, 2.05) is 12.1 Å². The van der Waals surface area contributed by atoms with E-state index < -0.39 is 17.7 Å². The zero-order chi connectivity index (χ0) is 28.8. The highest BCUT2D eigenvalue weighted by molar-refractivity contribution is 5.95. The molecule has 4 nitrogen and oxygen atoms in total. The van der Waals surface area contributed by atoms with E-state index in [9.17, 15) is 23.1 Å². The molecule has 0 spiro atoms. The van der Waals surface area contributed by atoms with Crippen molar-refractivity contribution >= 4 is 28.7 Å². The van der Waals surface area contributed by atoms with Crippen LogP contribution >= 0.6 is 0 Å². The van der Waals surface area contributed by atoms with Crippen molar-refractivity contribution in [3.63, 3.8) is 0 Å². The van der Waals surface area contributed by atoms with Gasteiger partial charge in [-0.2, -0.15) is 13.2 Å². The second-order valence-corrected chi connectivity index (χ2v) is 12.2. The Morgan fingerprint density at radius 1 is 0.850 bits per heavy atom. The number of hydrogen-bond acceptors (Lipinski definition) is 3. The Morgan fingerprint density at radius 3 is 2.02 bits per heavy atom. The fourth-order valence-electron chi connectivity index (χ4n) is 7.39. The molecule has 0 radical (unpaired) electrons. The number of carbonyl (C=O) groups is 1. The fraction of sp³-hybridized carbons (Fsp3) is 0.424. The van der Waals surface area contributed by atoms with Crippen LogP contribution in [-0.4, -0.2) is 25.2 Å². The summed E-state index contributed by atoms with van der Waals surface area (Å²) in [4.78, 5) is 14.7. The van der Waals surface area contributed by atoms with Crippen LogP contribution in [0.5, 0.6) is 0 Å². The quantitative estimate of drug-likeness (QED) is 0.333. The number of carboxylic acids is 1. The van der Waals surface area contributed by atoms with Gasteiger partial charge in [-0.3, -0.25) is 0 Å². The summed E-state index contributed by atoms with van der Waals surface area (Å²) in [6, 6.07) is 18.4. The maximum Gasteiger partial charge on any atom is 0.418 e. The Labute approximate surface area is 234 Å². The summed E-state index contributed by atoms with van der Waals surface area (Å²) < 4.78 is 43.0. The second-order valence-electron chi connectivity index (χ2n) is 12.2. The molecular weight excluding hydrogens is 513 g/mol. The third kappa shape index (κ3) is 5.43. The largest absolute Gasteiger partial charge is 0.478 e. The normalized spacial score (nSPS) is 24.4. The van der Waals surface area contributed by atoms with E-state index in [0.29, 0.717) is 11.4 Å². The average Bonchev–Trinajstić information content (AvgIpc) is 2.90. The number of carboxylic acid groups (broad SMARTS) is 1. The van der Waals surface area contributed by atoms with Crippen LogP contribution in [0.1, 0.15) is 67.4 Å². The minimum absolute atomic E-state index is 0.0182. The van der Waals surface area contributed by atoms with E-state index in [0.717, 1.165) is 23.8 Å². The number of anilines is 4. The van der Waals surface area contributed by atoms with E-state index >= 15 is 0 Å². The molecule has 40 heavy (non-hydrogen) atoms. The second kappa shape index (κ2) is 10.5. The first-order valence-electron chi connectivity index (χ1n) is 14.0. The van der Waals surface area contributed by atoms with Crippen molar-refractivity contribution in [1.82, 2.24) is 0 Å². The highest BCUT2D eigenvalue weighted by atomic mass is 19.4. The van der Waals surface area contributed by atoms with Gasteiger partial charge in [0.05, 0.1) is 22.5 Å². The summed E-state index contributed by atoms with van der Waals surface area (Å²) in [5, 5.41) is 9.55. The smallest absolute Gasteiger partial charge is 0.418 e. The van der Waals surface area contributed by atoms with Crippen LogP contribution in [0.15, 0.2) is 66.7 Å². The number of aromatic carboxylic acids is 1. The van der Waals surface area contributed by atoms with Crippen molar-refractivity contribution in [2.45, 2.75) is 57.5 Å². The molecule has 5 rings (SSSR count). The van der Waals surface area contributed by atoms with Gasteiger partial charge in [0.2, 0.25) is 0 Å². The third-order valence-corrected chi connectivity index (χ3v) is 9.10. The average molecular weight is 551 g/mol. The SMILES string of the molecule is CC1CC2CC(C1)CC(C)(c1ccc(N(C)c3ccc(N(C)c4ccccc4C(=O)O)cc3C(F)(F)F)cc1)C2. The van der Waals surface area contributed by atoms with Gasteiger partial charge in [-0.1, -0.05) is 38.1 Å². The molecule has 2 saturated carbocycles. The van der Waals surface area contributed by atoms with Crippen LogP contribution in [0.3, 0.4) is 0 Å². The number of fused-ring (bicyclic) bond motifs is 2. The Bertz CT molecular complexity index is 1370. The summed E-state index contributed by atoms with van der Waals surface area (Å²) >= 11 is 0. The first-order valence-corrected chi connectivity index (χ1v) is 14.0. The summed E-state index contributed by atoms with van der Waals surface area (Å²) in [5.74, 6) is 1.16. The number of rotatable bonds is 6. The van der Waals surface area contributed by atoms with Gasteiger partial charge in [-0.25, -0.2) is 4.79 Å². The lowest BCUT2D eigenvalue weighted by molar-refractivity contribution is -0.137. The van der Waals surface area contributed by atoms with E-state index in [4.69, 9.17) is 0 Å². The zero-order valence-electron chi connectivity index (χ0n) is 23.5. The Kier molecular flexibility index (Phi) is 7.36. The molecule has 212 valence electrons. The lowest BCUT2D eigenvalue weighted by atomic mass is 9.57. The standard InChI is InChI=1S/C33H37F3N2O2/c1-21-15-22-17-23(16-21)20-32(2,19-22)24-9-11-25(12-10-24)37(3)30-14-13-26(18-28(30)33(34,35)36)38(4)29-8-6-5-7-27(29)31(39)40/h5-14,18,21-23H,15-17,19-20H2,1-4H3,(H,39,40). The van der Waals surface area contributed by atoms with Crippen LogP contribution < -0.4 is 9.80 Å². The highest BCUT2D eigenvalue weighted by Gasteiger charge is 2.42. The Morgan fingerprint density at radius 2 is 1.43 bits per heavy atom. The van der Waals surface area contributed by atoms with Gasteiger partial charge in [0.1, 0.15) is 0 Å². The predicted molar refractivity (Wildman–Crippen MR) is 154 cm³/mol. The number of hydrogen-bond donors (Lipinski definition) is 1. The number of nitrogens with zero attached hydrogens (tertiary/aromatic N) is 2. The molecule has 3 aromatic rings. The van der Waals surface area contributed by atoms with Gasteiger partial charge in [0.25, 0.3) is 0 Å². The van der Waals surface area contributed by atoms with Crippen molar-refractivity contribution < 1.29 is 23.1 Å². The molecule has 1 N–H and O–H groups in total. The van der Waals surface area contributed by atoms with E-state index in [1.54, 1.807) is 43.3 Å². The summed E-state index contributed by atoms with van der Waals surface area (Å²) in [6.07, 6.45) is 1.65. The first kappa shape index (κ1) is 28.1. The number of para-hydroxylation sites is 1. The molecule has 0 heterocycles. The molecule has 2 aliphatic carbocycles. The number of benzene rings is 3. The van der Waals surface area contributed by atoms with Crippen molar-refractivity contribution in [1.29, 1.82) is 0 Å². The van der Waals surface area contributed by atoms with Gasteiger partial charge < -0.3 is 14.9 Å². The lowest BCUT2D eigenvalue weighted by Gasteiger charge is -2.47. The molecule has 2 unspecified atom stereocenters. The summed E-state index contributed by atoms with van der Waals surface area (Å²) in [5.41, 5.74) is 1.88. The topological polar surface area (TPSA) is 43.8 Å². The van der Waals surface area contributed by atoms with Crippen molar-refractivity contribution in [2.24, 2.45) is 17.8 Å². The van der Waals surface area contributed by atoms with Gasteiger partial charge in [-0.15, -0.1) is 0 Å². The van der Waals surface area contributed by atoms with Crippen LogP contribution in [0.25, 0.3) is 0 Å². The lowest BCUT2D eigenvalue weighted by Crippen LogP contribution is -2.38. The van der Waals surface area contributed by atoms with Gasteiger partial charge in [-0.05, 0) is 103 Å². The van der Waals surface area contributed by atoms with Crippen molar-refractivity contribution in [2.75, 3.05) is 23.9 Å². The highest BCUT2D eigenvalue weighted by Crippen LogP contribution is 2.51. The molecular formula is C33H37F3N2O2. The molecule has 2 fully saturated rings. The Hall–Kier alpha value is -3.48. The predicted octanol–water partition coefficient (Wildman–Crippen LogP) is 9.04. The van der Waals surface area contributed by atoms with Gasteiger partial charge in [0.15, 0.2) is 0 Å². The number of halogens is 3. The molecule has 7 heteroatoms. The summed E-state index contributed by atoms with van der Waals surface area (Å²) in [6.45, 7) is 4.71. The minimum Gasteiger partial charge on any atom is -0.478 e. The van der Waals surface area contributed by atoms with Crippen LogP contribution in [0.2, 0.25) is 0 Å². The number of alkyl halides is 3. The Balaban J connectivity index is 1.43. The first-order chi connectivity index (χ1) is 18.9. The summed E-state index contributed by atoms with van der Waals surface area (Å²) in [7, 11) is 3.22. The van der Waals surface area contributed by atoms with Crippen LogP contribution in [-0.2, 0) is 11.6 Å². The van der Waals surface area contributed by atoms with Crippen molar-refractivity contribution in [3.05, 3.63) is 83.4 Å². The van der Waals surface area contributed by atoms with E-state index in [2.05, 4.69) is 26.0 Å². The van der Waals surface area contributed by atoms with E-state index in [-0.39, 0.29) is 22.4 Å². The zero-order valence-corrected chi connectivity index (χ0v) is 23.5. The monoisotopic (exact) mass is 550 g/mol.